The summed E-state index contributed by atoms with van der Waals surface area (Å²) in [6, 6.07) is 2.85. The molecule has 0 spiro atoms. The molecule has 2 aromatic rings. The van der Waals surface area contributed by atoms with Crippen LogP contribution in [0.1, 0.15) is 57.1 Å². The summed E-state index contributed by atoms with van der Waals surface area (Å²) in [5.41, 5.74) is 0.181. The number of nitrogens with zero attached hydrogens (tertiary/aromatic N) is 3. The van der Waals surface area contributed by atoms with E-state index in [9.17, 15) is 23.3 Å². The molecule has 0 aliphatic heterocycles. The first-order valence-electron chi connectivity index (χ1n) is 10.3. The fourth-order valence-electron chi connectivity index (χ4n) is 2.85. The number of hydrogen-bond donors (Lipinski definition) is 2. The van der Waals surface area contributed by atoms with Gasteiger partial charge in [0.05, 0.1) is 4.92 Å². The molecule has 0 saturated heterocycles. The van der Waals surface area contributed by atoms with Crippen molar-refractivity contribution in [3.05, 3.63) is 39.6 Å². The van der Waals surface area contributed by atoms with Gasteiger partial charge in [0.2, 0.25) is 15.9 Å². The van der Waals surface area contributed by atoms with Crippen molar-refractivity contribution in [1.29, 1.82) is 0 Å². The van der Waals surface area contributed by atoms with E-state index in [2.05, 4.69) is 15.1 Å². The first-order valence-corrected chi connectivity index (χ1v) is 11.8. The monoisotopic (exact) mass is 467 g/mol. The third-order valence-electron chi connectivity index (χ3n) is 4.67. The number of hydrogen-bond acceptors (Lipinski definition) is 7. The Kier molecular flexibility index (Phi) is 7.97. The Morgan fingerprint density at radius 3 is 2.47 bits per heavy atom. The lowest BCUT2D eigenvalue weighted by Crippen LogP contribution is -2.32. The fourth-order valence-corrected chi connectivity index (χ4v) is 4.32. The van der Waals surface area contributed by atoms with Gasteiger partial charge >= 0.3 is 0 Å². The Labute approximate surface area is 187 Å². The van der Waals surface area contributed by atoms with Gasteiger partial charge in [0.15, 0.2) is 5.69 Å². The van der Waals surface area contributed by atoms with E-state index in [4.69, 9.17) is 4.74 Å². The largest absolute Gasteiger partial charge is 0.438 e. The van der Waals surface area contributed by atoms with Crippen LogP contribution in [0, 0.1) is 17.0 Å². The Hall–Kier alpha value is -2.99. The number of sulfonamides is 1. The molecule has 0 aliphatic carbocycles. The van der Waals surface area contributed by atoms with Crippen LogP contribution in [-0.2, 0) is 16.6 Å². The van der Waals surface area contributed by atoms with E-state index in [0.29, 0.717) is 18.5 Å². The molecule has 176 valence electrons. The standard InChI is InChI=1S/C20H29N5O6S/c1-7-13(5)23-32(29,30)17-11-15(25(27)28)9-10-16(17)31-20-14(6)18(22-24(20)8-2)19(26)21-12(3)4/h9-13,23H,7-8H2,1-6H3,(H,21,26). The maximum absolute atomic E-state index is 13.0. The second kappa shape index (κ2) is 10.1. The lowest BCUT2D eigenvalue weighted by atomic mass is 10.2. The SMILES string of the molecule is CCC(C)NS(=O)(=O)c1cc([N+](=O)[O-])ccc1Oc1c(C)c(C(=O)NC(C)C)nn1CC. The zero-order valence-electron chi connectivity index (χ0n) is 19.0. The summed E-state index contributed by atoms with van der Waals surface area (Å²) in [6.45, 7) is 10.9. The smallest absolute Gasteiger partial charge is 0.272 e. The molecule has 12 heteroatoms. The molecule has 1 amide bonds. The van der Waals surface area contributed by atoms with E-state index in [1.807, 2.05) is 20.8 Å². The van der Waals surface area contributed by atoms with Crippen molar-refractivity contribution < 1.29 is 22.9 Å². The molecule has 2 N–H and O–H groups in total. The van der Waals surface area contributed by atoms with Crippen molar-refractivity contribution in [2.75, 3.05) is 0 Å². The zero-order chi connectivity index (χ0) is 24.2. The van der Waals surface area contributed by atoms with Gasteiger partial charge in [-0.3, -0.25) is 14.9 Å². The molecule has 1 aromatic heterocycles. The van der Waals surface area contributed by atoms with Gasteiger partial charge in [0.25, 0.3) is 11.6 Å². The predicted molar refractivity (Wildman–Crippen MR) is 118 cm³/mol. The van der Waals surface area contributed by atoms with E-state index >= 15 is 0 Å². The summed E-state index contributed by atoms with van der Waals surface area (Å²) < 4.78 is 35.8. The molecule has 2 rings (SSSR count). The minimum atomic E-state index is -4.12. The number of nitro benzene ring substituents is 1. The fraction of sp³-hybridized carbons (Fsp3) is 0.500. The number of aromatic nitrogens is 2. The highest BCUT2D eigenvalue weighted by Crippen LogP contribution is 2.34. The Morgan fingerprint density at radius 2 is 1.94 bits per heavy atom. The first kappa shape index (κ1) is 25.3. The number of ether oxygens (including phenoxy) is 1. The van der Waals surface area contributed by atoms with Gasteiger partial charge in [-0.25, -0.2) is 17.8 Å². The van der Waals surface area contributed by atoms with Gasteiger partial charge < -0.3 is 10.1 Å². The highest BCUT2D eigenvalue weighted by atomic mass is 32.2. The van der Waals surface area contributed by atoms with Gasteiger partial charge in [0.1, 0.15) is 10.6 Å². The van der Waals surface area contributed by atoms with Gasteiger partial charge in [-0.15, -0.1) is 0 Å². The molecule has 1 atom stereocenters. The normalized spacial score (nSPS) is 12.6. The second-order valence-electron chi connectivity index (χ2n) is 7.64. The number of carbonyl (C=O) groups is 1. The van der Waals surface area contributed by atoms with Crippen molar-refractivity contribution in [3.63, 3.8) is 0 Å². The number of non-ortho nitro benzene ring substituents is 1. The van der Waals surface area contributed by atoms with Gasteiger partial charge in [-0.2, -0.15) is 5.10 Å². The highest BCUT2D eigenvalue weighted by Gasteiger charge is 2.28. The number of benzene rings is 1. The number of amides is 1. The van der Waals surface area contributed by atoms with E-state index in [0.717, 1.165) is 12.1 Å². The zero-order valence-corrected chi connectivity index (χ0v) is 19.8. The summed E-state index contributed by atoms with van der Waals surface area (Å²) in [5, 5.41) is 18.3. The van der Waals surface area contributed by atoms with Crippen molar-refractivity contribution in [1.82, 2.24) is 19.8 Å². The summed E-state index contributed by atoms with van der Waals surface area (Å²) in [7, 11) is -4.12. The predicted octanol–water partition coefficient (Wildman–Crippen LogP) is 3.13. The van der Waals surface area contributed by atoms with Crippen molar-refractivity contribution in [3.8, 4) is 11.6 Å². The third-order valence-corrected chi connectivity index (χ3v) is 6.28. The summed E-state index contributed by atoms with van der Waals surface area (Å²) >= 11 is 0. The molecule has 0 fully saturated rings. The van der Waals surface area contributed by atoms with Crippen molar-refractivity contribution in [2.45, 2.75) is 71.5 Å². The number of rotatable bonds is 10. The van der Waals surface area contributed by atoms with Crippen LogP contribution in [0.2, 0.25) is 0 Å². The van der Waals surface area contributed by atoms with E-state index in [1.165, 1.54) is 10.7 Å². The van der Waals surface area contributed by atoms with E-state index in [-0.39, 0.29) is 45.9 Å². The maximum Gasteiger partial charge on any atom is 0.272 e. The van der Waals surface area contributed by atoms with E-state index < -0.39 is 14.9 Å². The molecule has 0 bridgehead atoms. The van der Waals surface area contributed by atoms with E-state index in [1.54, 1.807) is 20.8 Å². The number of aryl methyl sites for hydroxylation is 1. The van der Waals surface area contributed by atoms with Crippen LogP contribution < -0.4 is 14.8 Å². The van der Waals surface area contributed by atoms with Gasteiger partial charge in [-0.1, -0.05) is 6.92 Å². The Bertz CT molecular complexity index is 1110. The van der Waals surface area contributed by atoms with Crippen LogP contribution in [0.25, 0.3) is 0 Å². The number of nitrogens with one attached hydrogen (secondary N) is 2. The van der Waals surface area contributed by atoms with Crippen LogP contribution in [-0.4, -0.2) is 41.1 Å². The summed E-state index contributed by atoms with van der Waals surface area (Å²) in [4.78, 5) is 22.7. The average molecular weight is 468 g/mol. The number of nitro groups is 1. The minimum Gasteiger partial charge on any atom is -0.438 e. The first-order chi connectivity index (χ1) is 14.9. The quantitative estimate of drug-likeness (QED) is 0.403. The van der Waals surface area contributed by atoms with Gasteiger partial charge in [0, 0.05) is 36.3 Å². The molecular formula is C20H29N5O6S. The lowest BCUT2D eigenvalue weighted by molar-refractivity contribution is -0.385. The second-order valence-corrected chi connectivity index (χ2v) is 9.33. The molecule has 0 saturated carbocycles. The maximum atomic E-state index is 13.0. The molecule has 1 unspecified atom stereocenters. The lowest BCUT2D eigenvalue weighted by Gasteiger charge is -2.16. The topological polar surface area (TPSA) is 145 Å². The van der Waals surface area contributed by atoms with Gasteiger partial charge in [-0.05, 0) is 47.1 Å². The van der Waals surface area contributed by atoms with Crippen LogP contribution in [0.5, 0.6) is 11.6 Å². The molecule has 11 nitrogen and oxygen atoms in total. The third kappa shape index (κ3) is 5.62. The molecule has 1 aromatic carbocycles. The van der Waals surface area contributed by atoms with Crippen molar-refractivity contribution >= 4 is 21.6 Å². The number of carbonyl (C=O) groups excluding carboxylic acids is 1. The summed E-state index contributed by atoms with van der Waals surface area (Å²) in [6.07, 6.45) is 0.528. The molecule has 0 radical (unpaired) electrons. The highest BCUT2D eigenvalue weighted by molar-refractivity contribution is 7.89. The van der Waals surface area contributed by atoms with Crippen molar-refractivity contribution in [2.24, 2.45) is 0 Å². The molecule has 1 heterocycles. The minimum absolute atomic E-state index is 0.101. The van der Waals surface area contributed by atoms with Crippen LogP contribution >= 0.6 is 0 Å². The summed E-state index contributed by atoms with van der Waals surface area (Å²) in [5.74, 6) is -0.320. The van der Waals surface area contributed by atoms with Crippen LogP contribution in [0.4, 0.5) is 5.69 Å². The molecule has 0 aliphatic rings. The Balaban J connectivity index is 2.59. The average Bonchev–Trinajstić information content (AvgIpc) is 3.02. The van der Waals surface area contributed by atoms with Crippen LogP contribution in [0.3, 0.4) is 0 Å². The van der Waals surface area contributed by atoms with Crippen LogP contribution in [0.15, 0.2) is 23.1 Å². The Morgan fingerprint density at radius 1 is 1.28 bits per heavy atom. The molecular weight excluding hydrogens is 438 g/mol. The molecule has 32 heavy (non-hydrogen) atoms.